The highest BCUT2D eigenvalue weighted by atomic mass is 16.4. The van der Waals surface area contributed by atoms with Gasteiger partial charge in [0.15, 0.2) is 0 Å². The Labute approximate surface area is 226 Å². The first-order valence-electron chi connectivity index (χ1n) is 15.5. The number of carbonyl (C=O) groups is 1. The number of rotatable bonds is 7. The van der Waals surface area contributed by atoms with Crippen molar-refractivity contribution in [3.05, 3.63) is 40.3 Å². The number of nitrogens with zero attached hydrogens (tertiary/aromatic N) is 3. The van der Waals surface area contributed by atoms with Crippen molar-refractivity contribution in [1.82, 2.24) is 14.5 Å². The monoisotopic (exact) mass is 519 g/mol. The van der Waals surface area contributed by atoms with Gasteiger partial charge >= 0.3 is 5.97 Å². The van der Waals surface area contributed by atoms with Crippen LogP contribution in [0.3, 0.4) is 0 Å². The molecule has 0 spiro atoms. The minimum absolute atomic E-state index is 0.00384. The van der Waals surface area contributed by atoms with Gasteiger partial charge in [0.1, 0.15) is 5.69 Å². The second-order valence-electron chi connectivity index (χ2n) is 12.9. The van der Waals surface area contributed by atoms with Gasteiger partial charge in [-0.05, 0) is 88.2 Å². The second kappa shape index (κ2) is 11.1. The summed E-state index contributed by atoms with van der Waals surface area (Å²) in [5.74, 6) is 0.632. The summed E-state index contributed by atoms with van der Waals surface area (Å²) in [6, 6.07) is 10.1. The van der Waals surface area contributed by atoms with Crippen LogP contribution in [0, 0.1) is 17.8 Å². The molecule has 38 heavy (non-hydrogen) atoms. The third-order valence-corrected chi connectivity index (χ3v) is 10.6. The third kappa shape index (κ3) is 5.05. The van der Waals surface area contributed by atoms with Crippen LogP contribution in [-0.4, -0.2) is 43.7 Å². The van der Waals surface area contributed by atoms with E-state index in [-0.39, 0.29) is 11.6 Å². The maximum absolute atomic E-state index is 14.0. The number of aryl methyl sites for hydroxylation is 1. The lowest BCUT2D eigenvalue weighted by Gasteiger charge is -2.54. The highest BCUT2D eigenvalue weighted by Gasteiger charge is 2.45. The van der Waals surface area contributed by atoms with Crippen LogP contribution in [0.4, 0.5) is 0 Å². The van der Waals surface area contributed by atoms with Gasteiger partial charge in [-0.1, -0.05) is 51.2 Å². The third-order valence-electron chi connectivity index (χ3n) is 10.6. The molecular formula is C32H45N3O3. The summed E-state index contributed by atoms with van der Waals surface area (Å²) >= 11 is 0. The molecule has 1 N–H and O–H groups in total. The summed E-state index contributed by atoms with van der Waals surface area (Å²) in [5, 5.41) is 9.53. The molecule has 2 aliphatic heterocycles. The number of benzene rings is 1. The molecule has 5 unspecified atom stereocenters. The fourth-order valence-electron chi connectivity index (χ4n) is 8.85. The molecule has 2 aromatic rings. The molecule has 206 valence electrons. The van der Waals surface area contributed by atoms with E-state index in [1.165, 1.54) is 64.2 Å². The van der Waals surface area contributed by atoms with Crippen LogP contribution in [0.5, 0.6) is 0 Å². The van der Waals surface area contributed by atoms with Gasteiger partial charge in [-0.2, -0.15) is 0 Å². The van der Waals surface area contributed by atoms with Crippen LogP contribution in [0.25, 0.3) is 11.0 Å². The van der Waals surface area contributed by atoms with E-state index in [0.717, 1.165) is 41.8 Å². The van der Waals surface area contributed by atoms with E-state index >= 15 is 0 Å². The Bertz CT molecular complexity index is 1180. The van der Waals surface area contributed by atoms with Crippen molar-refractivity contribution in [2.24, 2.45) is 17.8 Å². The molecule has 0 amide bonds. The number of aromatic nitrogens is 2. The average molecular weight is 520 g/mol. The number of piperidine rings is 2. The van der Waals surface area contributed by atoms with Crippen molar-refractivity contribution in [1.29, 1.82) is 0 Å². The zero-order chi connectivity index (χ0) is 26.2. The van der Waals surface area contributed by atoms with E-state index < -0.39 is 11.9 Å². The van der Waals surface area contributed by atoms with Gasteiger partial charge in [-0.15, -0.1) is 0 Å². The zero-order valence-corrected chi connectivity index (χ0v) is 23.1. The van der Waals surface area contributed by atoms with Crippen molar-refractivity contribution < 1.29 is 9.90 Å². The molecule has 6 atom stereocenters. The van der Waals surface area contributed by atoms with Crippen LogP contribution >= 0.6 is 0 Å². The summed E-state index contributed by atoms with van der Waals surface area (Å²) in [6.07, 6.45) is 17.3. The lowest BCUT2D eigenvalue weighted by molar-refractivity contribution is -0.142. The number of aliphatic carboxylic acids is 1. The number of hydrogen-bond acceptors (Lipinski definition) is 4. The maximum Gasteiger partial charge on any atom is 0.306 e. The minimum atomic E-state index is -0.781. The normalized spacial score (nSPS) is 32.6. The predicted molar refractivity (Wildman–Crippen MR) is 150 cm³/mol. The van der Waals surface area contributed by atoms with Crippen molar-refractivity contribution in [3.8, 4) is 0 Å². The molecule has 4 fully saturated rings. The van der Waals surface area contributed by atoms with Crippen molar-refractivity contribution in [3.63, 3.8) is 0 Å². The van der Waals surface area contributed by atoms with E-state index in [1.54, 1.807) is 0 Å². The van der Waals surface area contributed by atoms with Crippen LogP contribution in [0.15, 0.2) is 29.1 Å². The first kappa shape index (κ1) is 26.0. The van der Waals surface area contributed by atoms with Gasteiger partial charge in [-0.25, -0.2) is 4.98 Å². The minimum Gasteiger partial charge on any atom is -0.481 e. The Kier molecular flexibility index (Phi) is 7.61. The summed E-state index contributed by atoms with van der Waals surface area (Å²) < 4.78 is 2.07. The fourth-order valence-corrected chi connectivity index (χ4v) is 8.85. The lowest BCUT2D eigenvalue weighted by atomic mass is 9.73. The van der Waals surface area contributed by atoms with Gasteiger partial charge < -0.3 is 9.67 Å². The summed E-state index contributed by atoms with van der Waals surface area (Å²) in [7, 11) is 0. The molecule has 6 rings (SSSR count). The molecule has 1 aromatic carbocycles. The molecule has 2 saturated carbocycles. The van der Waals surface area contributed by atoms with E-state index in [9.17, 15) is 14.7 Å². The molecule has 3 heterocycles. The number of carboxylic acids is 1. The van der Waals surface area contributed by atoms with E-state index in [1.807, 2.05) is 31.2 Å². The Morgan fingerprint density at radius 2 is 1.61 bits per heavy atom. The molecule has 6 nitrogen and oxygen atoms in total. The molecule has 4 bridgehead atoms. The fraction of sp³-hybridized carbons (Fsp3) is 0.719. The van der Waals surface area contributed by atoms with Crippen LogP contribution in [0.1, 0.15) is 109 Å². The SMILES string of the molecule is CCC(CCc1nc2ccccc2n(C2CC3CCC[C@H](C2)N3C2CC3CCCCC(C3)C2)c1=O)C(=O)O. The second-order valence-corrected chi connectivity index (χ2v) is 12.9. The van der Waals surface area contributed by atoms with Gasteiger partial charge in [0, 0.05) is 24.2 Å². The molecule has 2 aliphatic carbocycles. The number of hydrogen-bond donors (Lipinski definition) is 1. The number of para-hydroxylation sites is 2. The Hall–Kier alpha value is -2.21. The standard InChI is InChI=1S/C32H45N3O3/c1-2-23(32(37)38)14-15-29-31(36)35(30-13-6-5-12-28(30)33-29)27-19-24-10-7-11-25(20-27)34(24)26-17-21-8-3-4-9-22(16-21)18-26/h5-6,12-13,21-27H,2-4,7-11,14-20H2,1H3,(H,37,38)/t21?,22?,23?,24-,25?,26?,27?/m1/s1. The zero-order valence-electron chi connectivity index (χ0n) is 23.1. The topological polar surface area (TPSA) is 75.4 Å². The molecule has 2 saturated heterocycles. The predicted octanol–water partition coefficient (Wildman–Crippen LogP) is 6.36. The van der Waals surface area contributed by atoms with Crippen molar-refractivity contribution >= 4 is 17.0 Å². The first-order chi connectivity index (χ1) is 18.5. The Morgan fingerprint density at radius 3 is 2.26 bits per heavy atom. The van der Waals surface area contributed by atoms with E-state index in [0.29, 0.717) is 37.0 Å². The van der Waals surface area contributed by atoms with Crippen LogP contribution in [0.2, 0.25) is 0 Å². The largest absolute Gasteiger partial charge is 0.481 e. The Balaban J connectivity index is 1.29. The summed E-state index contributed by atoms with van der Waals surface area (Å²) in [6.45, 7) is 1.90. The molecule has 1 aromatic heterocycles. The van der Waals surface area contributed by atoms with Gasteiger partial charge in [0.2, 0.25) is 0 Å². The van der Waals surface area contributed by atoms with Crippen LogP contribution < -0.4 is 5.56 Å². The Morgan fingerprint density at radius 1 is 0.921 bits per heavy atom. The smallest absolute Gasteiger partial charge is 0.306 e. The summed E-state index contributed by atoms with van der Waals surface area (Å²) in [4.78, 5) is 33.3. The first-order valence-corrected chi connectivity index (χ1v) is 15.5. The van der Waals surface area contributed by atoms with Gasteiger partial charge in [0.25, 0.3) is 5.56 Å². The summed E-state index contributed by atoms with van der Waals surface area (Å²) in [5.41, 5.74) is 2.33. The van der Waals surface area contributed by atoms with E-state index in [2.05, 4.69) is 9.47 Å². The molecular weight excluding hydrogens is 474 g/mol. The average Bonchev–Trinajstić information content (AvgIpc) is 3.07. The molecule has 6 heteroatoms. The van der Waals surface area contributed by atoms with E-state index in [4.69, 9.17) is 4.98 Å². The maximum atomic E-state index is 14.0. The highest BCUT2D eigenvalue weighted by Crippen LogP contribution is 2.47. The van der Waals surface area contributed by atoms with Crippen LogP contribution in [-0.2, 0) is 11.2 Å². The number of fused-ring (bicyclic) bond motifs is 5. The lowest BCUT2D eigenvalue weighted by Crippen LogP contribution is -2.58. The van der Waals surface area contributed by atoms with Crippen molar-refractivity contribution in [2.75, 3.05) is 0 Å². The van der Waals surface area contributed by atoms with Gasteiger partial charge in [-0.3, -0.25) is 14.5 Å². The quantitative estimate of drug-likeness (QED) is 0.461. The highest BCUT2D eigenvalue weighted by molar-refractivity contribution is 5.75. The van der Waals surface area contributed by atoms with Crippen molar-refractivity contribution in [2.45, 2.75) is 127 Å². The number of carboxylic acid groups (broad SMARTS) is 1. The molecule has 4 aliphatic rings. The van der Waals surface area contributed by atoms with Gasteiger partial charge in [0.05, 0.1) is 17.0 Å². The molecule has 0 radical (unpaired) electrons.